The standard InChI is InChI=1S/C30H30N6O6/c1-19-13-22(31(4)16-37)7-10-25(19)34-28(40)35(26-11-8-23(14-20(26)2)32(5)17-38)30(42)36(29(34)41)27-12-9-24(15-21(27)3)33(6)18-39/h7-18H,1-6H3. The maximum Gasteiger partial charge on any atom is 0.345 e. The van der Waals surface area contributed by atoms with Crippen molar-refractivity contribution in [2.45, 2.75) is 20.8 Å². The zero-order chi connectivity index (χ0) is 30.9. The summed E-state index contributed by atoms with van der Waals surface area (Å²) in [4.78, 5) is 80.1. The summed E-state index contributed by atoms with van der Waals surface area (Å²) in [6.45, 7) is 5.06. The summed E-state index contributed by atoms with van der Waals surface area (Å²) < 4.78 is 2.74. The Balaban J connectivity index is 2.12. The van der Waals surface area contributed by atoms with Gasteiger partial charge in [0, 0.05) is 38.2 Å². The van der Waals surface area contributed by atoms with Crippen LogP contribution in [-0.4, -0.2) is 54.1 Å². The molecule has 0 aliphatic heterocycles. The van der Waals surface area contributed by atoms with Crippen LogP contribution >= 0.6 is 0 Å². The number of hydrogen-bond donors (Lipinski definition) is 0. The van der Waals surface area contributed by atoms with Crippen molar-refractivity contribution in [1.29, 1.82) is 0 Å². The quantitative estimate of drug-likeness (QED) is 0.283. The van der Waals surface area contributed by atoms with E-state index in [4.69, 9.17) is 0 Å². The Labute approximate surface area is 240 Å². The number of anilines is 3. The van der Waals surface area contributed by atoms with Crippen molar-refractivity contribution in [2.75, 3.05) is 35.8 Å². The molecule has 0 spiro atoms. The Kier molecular flexibility index (Phi) is 8.09. The molecule has 0 aliphatic rings. The monoisotopic (exact) mass is 570 g/mol. The van der Waals surface area contributed by atoms with Gasteiger partial charge in [-0.15, -0.1) is 0 Å². The minimum atomic E-state index is -0.893. The van der Waals surface area contributed by atoms with Crippen LogP contribution < -0.4 is 31.8 Å². The van der Waals surface area contributed by atoms with Gasteiger partial charge in [-0.25, -0.2) is 28.1 Å². The fourth-order valence-electron chi connectivity index (χ4n) is 4.68. The molecule has 3 aromatic carbocycles. The van der Waals surface area contributed by atoms with Gasteiger partial charge in [0.1, 0.15) is 0 Å². The molecule has 0 aliphatic carbocycles. The highest BCUT2D eigenvalue weighted by atomic mass is 16.2. The van der Waals surface area contributed by atoms with Gasteiger partial charge in [-0.3, -0.25) is 14.4 Å². The first-order valence-corrected chi connectivity index (χ1v) is 12.8. The highest BCUT2D eigenvalue weighted by Crippen LogP contribution is 2.23. The number of hydrogen-bond acceptors (Lipinski definition) is 6. The summed E-state index contributed by atoms with van der Waals surface area (Å²) in [7, 11) is 4.72. The number of aryl methyl sites for hydroxylation is 3. The van der Waals surface area contributed by atoms with Gasteiger partial charge < -0.3 is 14.7 Å². The van der Waals surface area contributed by atoms with E-state index in [1.165, 1.54) is 32.9 Å². The van der Waals surface area contributed by atoms with E-state index in [2.05, 4.69) is 0 Å². The van der Waals surface area contributed by atoms with E-state index in [9.17, 15) is 28.8 Å². The van der Waals surface area contributed by atoms with Crippen molar-refractivity contribution in [3.63, 3.8) is 0 Å². The summed E-state index contributed by atoms with van der Waals surface area (Å²) in [5, 5.41) is 0. The van der Waals surface area contributed by atoms with Crippen LogP contribution in [0.5, 0.6) is 0 Å². The number of rotatable bonds is 9. The highest BCUT2D eigenvalue weighted by molar-refractivity contribution is 5.76. The first kappa shape index (κ1) is 29.5. The first-order chi connectivity index (χ1) is 19.9. The van der Waals surface area contributed by atoms with E-state index >= 15 is 0 Å². The molecule has 216 valence electrons. The Morgan fingerprint density at radius 1 is 0.476 bits per heavy atom. The van der Waals surface area contributed by atoms with Crippen LogP contribution in [0.2, 0.25) is 0 Å². The van der Waals surface area contributed by atoms with Crippen LogP contribution in [-0.2, 0) is 14.4 Å². The van der Waals surface area contributed by atoms with Gasteiger partial charge in [-0.05, 0) is 92.1 Å². The molecule has 0 unspecified atom stereocenters. The molecular weight excluding hydrogens is 540 g/mol. The van der Waals surface area contributed by atoms with E-state index in [-0.39, 0.29) is 17.1 Å². The molecule has 0 fully saturated rings. The van der Waals surface area contributed by atoms with Crippen molar-refractivity contribution in [1.82, 2.24) is 13.7 Å². The van der Waals surface area contributed by atoms with Gasteiger partial charge in [0.25, 0.3) is 0 Å². The van der Waals surface area contributed by atoms with Crippen LogP contribution in [0.4, 0.5) is 17.1 Å². The number of carbonyl (C=O) groups is 3. The van der Waals surface area contributed by atoms with Crippen LogP contribution in [0.3, 0.4) is 0 Å². The Bertz CT molecular complexity index is 1660. The molecule has 12 heteroatoms. The smallest absolute Gasteiger partial charge is 0.318 e. The van der Waals surface area contributed by atoms with Gasteiger partial charge in [-0.2, -0.15) is 0 Å². The number of aromatic nitrogens is 3. The second kappa shape index (κ2) is 11.5. The second-order valence-electron chi connectivity index (χ2n) is 9.92. The van der Waals surface area contributed by atoms with E-state index in [0.29, 0.717) is 53.0 Å². The average molecular weight is 571 g/mol. The minimum Gasteiger partial charge on any atom is -0.318 e. The predicted octanol–water partition coefficient (Wildman–Crippen LogP) is 1.84. The molecule has 1 aromatic heterocycles. The predicted molar refractivity (Wildman–Crippen MR) is 161 cm³/mol. The molecule has 1 heterocycles. The van der Waals surface area contributed by atoms with E-state index in [1.54, 1.807) is 78.3 Å². The number of nitrogens with zero attached hydrogens (tertiary/aromatic N) is 6. The van der Waals surface area contributed by atoms with E-state index < -0.39 is 17.1 Å². The van der Waals surface area contributed by atoms with Crippen molar-refractivity contribution in [3.8, 4) is 17.1 Å². The third-order valence-corrected chi connectivity index (χ3v) is 7.11. The maximum absolute atomic E-state index is 14.1. The van der Waals surface area contributed by atoms with Crippen LogP contribution in [0, 0.1) is 20.8 Å². The largest absolute Gasteiger partial charge is 0.345 e. The van der Waals surface area contributed by atoms with E-state index in [1.807, 2.05) is 0 Å². The molecule has 3 amide bonds. The topological polar surface area (TPSA) is 127 Å². The Morgan fingerprint density at radius 2 is 0.714 bits per heavy atom. The lowest BCUT2D eigenvalue weighted by atomic mass is 10.1. The third-order valence-electron chi connectivity index (χ3n) is 7.11. The second-order valence-corrected chi connectivity index (χ2v) is 9.92. The van der Waals surface area contributed by atoms with Crippen molar-refractivity contribution in [2.24, 2.45) is 0 Å². The number of benzene rings is 3. The van der Waals surface area contributed by atoms with Gasteiger partial charge in [0.05, 0.1) is 17.1 Å². The summed E-state index contributed by atoms with van der Waals surface area (Å²) in [5.41, 5.74) is 1.16. The number of carbonyl (C=O) groups excluding carboxylic acids is 3. The molecule has 0 atom stereocenters. The van der Waals surface area contributed by atoms with Gasteiger partial charge >= 0.3 is 17.1 Å². The summed E-state index contributed by atoms with van der Waals surface area (Å²) in [5.74, 6) is 0. The lowest BCUT2D eigenvalue weighted by molar-refractivity contribution is -0.107. The van der Waals surface area contributed by atoms with Gasteiger partial charge in [-0.1, -0.05) is 0 Å². The van der Waals surface area contributed by atoms with Crippen molar-refractivity contribution in [3.05, 3.63) is 103 Å². The zero-order valence-corrected chi connectivity index (χ0v) is 24.1. The fraction of sp³-hybridized carbons (Fsp3) is 0.200. The normalized spacial score (nSPS) is 10.7. The molecule has 42 heavy (non-hydrogen) atoms. The lowest BCUT2D eigenvalue weighted by Gasteiger charge is -2.20. The Hall–Kier alpha value is -5.52. The van der Waals surface area contributed by atoms with Crippen molar-refractivity contribution >= 4 is 36.3 Å². The van der Waals surface area contributed by atoms with E-state index in [0.717, 1.165) is 13.7 Å². The zero-order valence-electron chi connectivity index (χ0n) is 24.1. The molecule has 0 N–H and O–H groups in total. The summed E-state index contributed by atoms with van der Waals surface area (Å²) in [6.07, 6.45) is 1.91. The average Bonchev–Trinajstić information content (AvgIpc) is 2.98. The SMILES string of the molecule is Cc1cc(N(C)C=O)ccc1-n1c(=O)n(-c2ccc(N(C)C=O)cc2C)c(=O)n(-c2ccc(N(C)C=O)cc2C)c1=O. The fourth-order valence-corrected chi connectivity index (χ4v) is 4.68. The maximum atomic E-state index is 14.1. The van der Waals surface area contributed by atoms with Crippen LogP contribution in [0.15, 0.2) is 69.0 Å². The van der Waals surface area contributed by atoms with Gasteiger partial charge in [0.2, 0.25) is 19.2 Å². The molecule has 0 saturated heterocycles. The van der Waals surface area contributed by atoms with Crippen molar-refractivity contribution < 1.29 is 14.4 Å². The lowest BCUT2D eigenvalue weighted by Crippen LogP contribution is -2.53. The van der Waals surface area contributed by atoms with Crippen LogP contribution in [0.25, 0.3) is 17.1 Å². The van der Waals surface area contributed by atoms with Crippen LogP contribution in [0.1, 0.15) is 16.7 Å². The highest BCUT2D eigenvalue weighted by Gasteiger charge is 2.23. The molecule has 0 saturated carbocycles. The summed E-state index contributed by atoms with van der Waals surface area (Å²) >= 11 is 0. The molecule has 4 rings (SSSR count). The minimum absolute atomic E-state index is 0.223. The molecule has 0 radical (unpaired) electrons. The third kappa shape index (κ3) is 5.05. The Morgan fingerprint density at radius 3 is 0.905 bits per heavy atom. The summed E-state index contributed by atoms with van der Waals surface area (Å²) in [6, 6.07) is 14.3. The molecule has 4 aromatic rings. The number of amides is 3. The molecule has 0 bridgehead atoms. The molecular formula is C30H30N6O6. The first-order valence-electron chi connectivity index (χ1n) is 12.8. The molecule has 12 nitrogen and oxygen atoms in total. The van der Waals surface area contributed by atoms with Gasteiger partial charge in [0.15, 0.2) is 0 Å².